The summed E-state index contributed by atoms with van der Waals surface area (Å²) in [6.45, 7) is 4.57. The number of urea groups is 1. The quantitative estimate of drug-likeness (QED) is 0.506. The molecular formula is C24H33N9O2. The van der Waals surface area contributed by atoms with E-state index in [1.54, 1.807) is 6.07 Å². The van der Waals surface area contributed by atoms with Crippen molar-refractivity contribution in [3.63, 3.8) is 0 Å². The summed E-state index contributed by atoms with van der Waals surface area (Å²) in [5, 5.41) is 8.31. The molecule has 1 aromatic carbocycles. The third-order valence-electron chi connectivity index (χ3n) is 7.32. The maximum absolute atomic E-state index is 11.3. The minimum Gasteiger partial charge on any atom is -0.495 e. The largest absolute Gasteiger partial charge is 0.495 e. The van der Waals surface area contributed by atoms with Gasteiger partial charge in [-0.15, -0.1) is 0 Å². The molecule has 0 unspecified atom stereocenters. The molecule has 186 valence electrons. The van der Waals surface area contributed by atoms with Crippen LogP contribution in [0, 0.1) is 0 Å². The lowest BCUT2D eigenvalue weighted by Crippen LogP contribution is -2.49. The van der Waals surface area contributed by atoms with Crippen molar-refractivity contribution in [3.05, 3.63) is 24.5 Å². The number of nitrogens with zero attached hydrogens (tertiary/aromatic N) is 6. The maximum Gasteiger partial charge on any atom is 0.316 e. The Morgan fingerprint density at radius 2 is 1.80 bits per heavy atom. The Kier molecular flexibility index (Phi) is 6.44. The van der Waals surface area contributed by atoms with Gasteiger partial charge >= 0.3 is 6.03 Å². The highest BCUT2D eigenvalue weighted by Crippen LogP contribution is 2.38. The topological polar surface area (TPSA) is 140 Å². The van der Waals surface area contributed by atoms with Crippen LogP contribution in [0.3, 0.4) is 0 Å². The van der Waals surface area contributed by atoms with Crippen LogP contribution in [0.2, 0.25) is 0 Å². The van der Waals surface area contributed by atoms with E-state index in [-0.39, 0.29) is 6.04 Å². The summed E-state index contributed by atoms with van der Waals surface area (Å²) < 4.78 is 7.51. The molecule has 3 heterocycles. The zero-order valence-electron chi connectivity index (χ0n) is 20.3. The molecule has 3 aromatic rings. The van der Waals surface area contributed by atoms with Gasteiger partial charge in [0.1, 0.15) is 23.6 Å². The number of nitrogen functional groups attached to an aromatic ring is 1. The van der Waals surface area contributed by atoms with Gasteiger partial charge in [-0.3, -0.25) is 4.90 Å². The monoisotopic (exact) mass is 479 g/mol. The Bertz CT molecular complexity index is 1210. The third kappa shape index (κ3) is 4.61. The van der Waals surface area contributed by atoms with Gasteiger partial charge in [-0.25, -0.2) is 19.4 Å². The second-order valence-electron chi connectivity index (χ2n) is 9.46. The molecule has 2 fully saturated rings. The molecule has 0 bridgehead atoms. The predicted octanol–water partition coefficient (Wildman–Crippen LogP) is 2.31. The molecule has 11 heteroatoms. The summed E-state index contributed by atoms with van der Waals surface area (Å²) in [5.74, 6) is 0.868. The van der Waals surface area contributed by atoms with Crippen molar-refractivity contribution in [2.75, 3.05) is 51.4 Å². The van der Waals surface area contributed by atoms with Gasteiger partial charge in [0.05, 0.1) is 24.2 Å². The zero-order chi connectivity index (χ0) is 24.5. The Balaban J connectivity index is 1.44. The van der Waals surface area contributed by atoms with Crippen molar-refractivity contribution < 1.29 is 9.53 Å². The fourth-order valence-electron chi connectivity index (χ4n) is 5.38. The zero-order valence-corrected chi connectivity index (χ0v) is 20.3. The van der Waals surface area contributed by atoms with Crippen molar-refractivity contribution >= 4 is 28.6 Å². The van der Waals surface area contributed by atoms with E-state index in [1.807, 2.05) is 16.8 Å². The van der Waals surface area contributed by atoms with Crippen LogP contribution in [0.4, 0.5) is 16.3 Å². The molecule has 5 N–H and O–H groups in total. The predicted molar refractivity (Wildman–Crippen MR) is 135 cm³/mol. The van der Waals surface area contributed by atoms with E-state index in [1.165, 1.54) is 13.4 Å². The highest BCUT2D eigenvalue weighted by molar-refractivity contribution is 5.99. The number of rotatable bonds is 5. The first kappa shape index (κ1) is 23.3. The lowest BCUT2D eigenvalue weighted by Gasteiger charge is -2.41. The summed E-state index contributed by atoms with van der Waals surface area (Å²) >= 11 is 0. The number of methoxy groups -OCH3 is 1. The Morgan fingerprint density at radius 3 is 2.49 bits per heavy atom. The Morgan fingerprint density at radius 1 is 1.09 bits per heavy atom. The molecular weight excluding hydrogens is 446 g/mol. The number of aromatic nitrogens is 4. The molecule has 11 nitrogen and oxygen atoms in total. The number of ether oxygens (including phenoxy) is 1. The normalized spacial score (nSPS) is 21.8. The van der Waals surface area contributed by atoms with Crippen LogP contribution in [-0.2, 0) is 0 Å². The van der Waals surface area contributed by atoms with Crippen molar-refractivity contribution in [1.29, 1.82) is 0 Å². The summed E-state index contributed by atoms with van der Waals surface area (Å²) in [6.07, 6.45) is 5.87. The molecule has 2 amide bonds. The molecule has 2 aromatic heterocycles. The van der Waals surface area contributed by atoms with Crippen LogP contribution in [-0.4, -0.2) is 82.0 Å². The fourth-order valence-corrected chi connectivity index (χ4v) is 5.38. The van der Waals surface area contributed by atoms with Crippen LogP contribution >= 0.6 is 0 Å². The molecule has 5 rings (SSSR count). The number of primary amides is 1. The molecule has 0 atom stereocenters. The van der Waals surface area contributed by atoms with Crippen molar-refractivity contribution in [1.82, 2.24) is 29.5 Å². The van der Waals surface area contributed by atoms with E-state index in [9.17, 15) is 4.79 Å². The second-order valence-corrected chi connectivity index (χ2v) is 9.46. The van der Waals surface area contributed by atoms with Crippen LogP contribution in [0.1, 0.15) is 31.7 Å². The molecule has 1 saturated carbocycles. The Hall–Kier alpha value is -3.44. The van der Waals surface area contributed by atoms with Crippen molar-refractivity contribution in [3.8, 4) is 17.0 Å². The van der Waals surface area contributed by atoms with E-state index >= 15 is 0 Å². The van der Waals surface area contributed by atoms with E-state index in [4.69, 9.17) is 21.3 Å². The first-order valence-electron chi connectivity index (χ1n) is 12.1. The number of anilines is 2. The van der Waals surface area contributed by atoms with Gasteiger partial charge in [0, 0.05) is 37.8 Å². The van der Waals surface area contributed by atoms with E-state index in [0.717, 1.165) is 68.5 Å². The van der Waals surface area contributed by atoms with Gasteiger partial charge in [0.15, 0.2) is 5.65 Å². The number of piperazine rings is 1. The Labute approximate surface area is 204 Å². The molecule has 35 heavy (non-hydrogen) atoms. The lowest BCUT2D eigenvalue weighted by molar-refractivity contribution is 0.0815. The molecule has 0 radical (unpaired) electrons. The number of carbonyl (C=O) groups is 1. The molecule has 2 aliphatic rings. The summed E-state index contributed by atoms with van der Waals surface area (Å²) in [5.41, 5.74) is 14.3. The number of carbonyl (C=O) groups excluding carboxylic acids is 1. The molecule has 0 spiro atoms. The molecule has 1 saturated heterocycles. The van der Waals surface area contributed by atoms with Crippen LogP contribution in [0.15, 0.2) is 24.5 Å². The maximum atomic E-state index is 11.3. The standard InChI is InChI=1S/C24H33N9O2/c1-31-9-11-32(12-10-31)16-4-6-17(7-5-16)33-23-20(22(25)27-14-28-23)21(30-33)15-3-8-18(29-24(26)34)19(13-15)35-2/h3,8,13-14,16-17H,4-7,9-12H2,1-2H3,(H2,25,27,28)(H3,26,29,34). The van der Waals surface area contributed by atoms with Gasteiger partial charge < -0.3 is 26.4 Å². The van der Waals surface area contributed by atoms with Gasteiger partial charge in [-0.1, -0.05) is 6.07 Å². The number of benzene rings is 1. The number of fused-ring (bicyclic) bond motifs is 1. The number of amides is 2. The summed E-state index contributed by atoms with van der Waals surface area (Å²) in [7, 11) is 3.73. The van der Waals surface area contributed by atoms with Gasteiger partial charge in [-0.05, 0) is 44.9 Å². The fraction of sp³-hybridized carbons (Fsp3) is 0.500. The SMILES string of the molecule is COc1cc(-c2nn(C3CCC(N4CCN(C)CC4)CC3)c3ncnc(N)c23)ccc1NC(N)=O. The third-order valence-corrected chi connectivity index (χ3v) is 7.32. The van der Waals surface area contributed by atoms with Gasteiger partial charge in [-0.2, -0.15) is 5.10 Å². The lowest BCUT2D eigenvalue weighted by atomic mass is 9.90. The number of hydrogen-bond acceptors (Lipinski definition) is 8. The summed E-state index contributed by atoms with van der Waals surface area (Å²) in [6, 6.07) is 5.64. The van der Waals surface area contributed by atoms with Crippen LogP contribution in [0.5, 0.6) is 5.75 Å². The van der Waals surface area contributed by atoms with E-state index < -0.39 is 6.03 Å². The van der Waals surface area contributed by atoms with Gasteiger partial charge in [0.2, 0.25) is 0 Å². The molecule has 1 aliphatic heterocycles. The van der Waals surface area contributed by atoms with E-state index in [0.29, 0.717) is 29.0 Å². The number of nitrogens with one attached hydrogen (secondary N) is 1. The highest BCUT2D eigenvalue weighted by atomic mass is 16.5. The average Bonchev–Trinajstić information content (AvgIpc) is 3.26. The van der Waals surface area contributed by atoms with Gasteiger partial charge in [0.25, 0.3) is 0 Å². The first-order chi connectivity index (χ1) is 16.9. The van der Waals surface area contributed by atoms with Crippen molar-refractivity contribution in [2.45, 2.75) is 37.8 Å². The van der Waals surface area contributed by atoms with Crippen LogP contribution < -0.4 is 21.5 Å². The number of hydrogen-bond donors (Lipinski definition) is 3. The summed E-state index contributed by atoms with van der Waals surface area (Å²) in [4.78, 5) is 25.2. The van der Waals surface area contributed by atoms with Crippen LogP contribution in [0.25, 0.3) is 22.3 Å². The number of likely N-dealkylation sites (N-methyl/N-ethyl adjacent to an activating group) is 1. The number of nitrogens with two attached hydrogens (primary N) is 2. The second kappa shape index (κ2) is 9.67. The molecule has 1 aliphatic carbocycles. The smallest absolute Gasteiger partial charge is 0.316 e. The van der Waals surface area contributed by atoms with Crippen molar-refractivity contribution in [2.24, 2.45) is 5.73 Å². The average molecular weight is 480 g/mol. The first-order valence-corrected chi connectivity index (χ1v) is 12.1. The minimum absolute atomic E-state index is 0.252. The minimum atomic E-state index is -0.657. The van der Waals surface area contributed by atoms with E-state index in [2.05, 4.69) is 32.1 Å². The highest BCUT2D eigenvalue weighted by Gasteiger charge is 2.30.